The second-order valence-electron chi connectivity index (χ2n) is 9.75. The summed E-state index contributed by atoms with van der Waals surface area (Å²) in [6.07, 6.45) is 5.44. The minimum Gasteiger partial charge on any atom is -0.353 e. The first kappa shape index (κ1) is 25.0. The fraction of sp³-hybridized carbons (Fsp3) is 0.500. The predicted octanol–water partition coefficient (Wildman–Crippen LogP) is 4.02. The minimum atomic E-state index is -0.903. The maximum absolute atomic E-state index is 12.5. The van der Waals surface area contributed by atoms with E-state index in [0.29, 0.717) is 13.0 Å². The molecule has 0 aromatic heterocycles. The normalized spacial score (nSPS) is 14.3. The van der Waals surface area contributed by atoms with Crippen LogP contribution in [0.4, 0.5) is 0 Å². The van der Waals surface area contributed by atoms with Crippen LogP contribution in [0.2, 0.25) is 0 Å². The van der Waals surface area contributed by atoms with Crippen molar-refractivity contribution in [3.63, 3.8) is 0 Å². The van der Waals surface area contributed by atoms with Crippen LogP contribution in [0.5, 0.6) is 0 Å². The molecule has 2 aromatic rings. The number of rotatable bonds is 11. The van der Waals surface area contributed by atoms with Crippen molar-refractivity contribution in [2.45, 2.75) is 64.8 Å². The topological polar surface area (TPSA) is 61.4 Å². The molecule has 0 radical (unpaired) electrons. The Morgan fingerprint density at radius 1 is 0.970 bits per heavy atom. The Kier molecular flexibility index (Phi) is 9.07. The number of nitrogens with zero attached hydrogens (tertiary/aromatic N) is 1. The smallest absolute Gasteiger partial charge is 0.245 e. The first-order chi connectivity index (χ1) is 15.8. The molecule has 3 rings (SSSR count). The lowest BCUT2D eigenvalue weighted by Gasteiger charge is -2.26. The van der Waals surface area contributed by atoms with Gasteiger partial charge >= 0.3 is 0 Å². The van der Waals surface area contributed by atoms with Crippen molar-refractivity contribution in [2.75, 3.05) is 26.2 Å². The summed E-state index contributed by atoms with van der Waals surface area (Å²) in [7, 11) is 0. The number of nitrogens with one attached hydrogen (secondary N) is 2. The molecule has 33 heavy (non-hydrogen) atoms. The monoisotopic (exact) mass is 449 g/mol. The number of carbonyl (C=O) groups is 2. The zero-order valence-corrected chi connectivity index (χ0v) is 20.5. The minimum absolute atomic E-state index is 0.0779. The Morgan fingerprint density at radius 3 is 2.33 bits per heavy atom. The van der Waals surface area contributed by atoms with Gasteiger partial charge in [0.15, 0.2) is 0 Å². The fourth-order valence-electron chi connectivity index (χ4n) is 4.33. The number of benzene rings is 2. The molecule has 2 aromatic carbocycles. The molecule has 0 atom stereocenters. The third kappa shape index (κ3) is 8.01. The summed E-state index contributed by atoms with van der Waals surface area (Å²) < 4.78 is 0. The van der Waals surface area contributed by atoms with Crippen molar-refractivity contribution < 1.29 is 9.59 Å². The molecule has 0 saturated carbocycles. The molecule has 1 aliphatic heterocycles. The van der Waals surface area contributed by atoms with E-state index in [9.17, 15) is 9.59 Å². The van der Waals surface area contributed by atoms with Crippen LogP contribution < -0.4 is 10.6 Å². The molecular formula is C28H39N3O2. The van der Waals surface area contributed by atoms with Crippen LogP contribution in [-0.4, -0.2) is 48.4 Å². The molecule has 0 spiro atoms. The summed E-state index contributed by atoms with van der Waals surface area (Å²) in [5, 5.41) is 5.87. The summed E-state index contributed by atoms with van der Waals surface area (Å²) in [5.41, 5.74) is 4.29. The van der Waals surface area contributed by atoms with E-state index < -0.39 is 5.54 Å². The zero-order valence-electron chi connectivity index (χ0n) is 20.5. The maximum Gasteiger partial charge on any atom is 0.245 e. The lowest BCUT2D eigenvalue weighted by atomic mass is 9.98. The van der Waals surface area contributed by atoms with Crippen LogP contribution >= 0.6 is 0 Å². The van der Waals surface area contributed by atoms with Crippen LogP contribution in [0.3, 0.4) is 0 Å². The van der Waals surface area contributed by atoms with Gasteiger partial charge in [-0.3, -0.25) is 9.59 Å². The largest absolute Gasteiger partial charge is 0.353 e. The summed E-state index contributed by atoms with van der Waals surface area (Å²) in [4.78, 5) is 27.3. The molecule has 1 heterocycles. The van der Waals surface area contributed by atoms with Crippen LogP contribution in [0.1, 0.15) is 61.8 Å². The van der Waals surface area contributed by atoms with E-state index in [4.69, 9.17) is 0 Å². The van der Waals surface area contributed by atoms with Crippen molar-refractivity contribution in [3.05, 3.63) is 70.8 Å². The van der Waals surface area contributed by atoms with E-state index >= 15 is 0 Å². The van der Waals surface area contributed by atoms with Crippen molar-refractivity contribution in [1.29, 1.82) is 0 Å². The average Bonchev–Trinajstić information content (AvgIpc) is 3.30. The van der Waals surface area contributed by atoms with Crippen molar-refractivity contribution in [1.82, 2.24) is 15.5 Å². The molecule has 0 aliphatic carbocycles. The van der Waals surface area contributed by atoms with Gasteiger partial charge in [0.25, 0.3) is 0 Å². The molecule has 178 valence electrons. The van der Waals surface area contributed by atoms with Crippen LogP contribution in [-0.2, 0) is 22.4 Å². The zero-order chi connectivity index (χ0) is 23.7. The number of hydrogen-bond acceptors (Lipinski definition) is 3. The third-order valence-corrected chi connectivity index (χ3v) is 6.48. The van der Waals surface area contributed by atoms with Crippen molar-refractivity contribution >= 4 is 11.8 Å². The molecule has 0 unspecified atom stereocenters. The SMILES string of the molecule is Cc1ccccc1Cc1ccc(CCCC(=O)NC(C)(C)C(=O)NCCN2CCCC2)cc1. The van der Waals surface area contributed by atoms with Gasteiger partial charge in [0, 0.05) is 19.5 Å². The number of carbonyl (C=O) groups excluding carboxylic acids is 2. The fourth-order valence-corrected chi connectivity index (χ4v) is 4.33. The van der Waals surface area contributed by atoms with Crippen LogP contribution in [0, 0.1) is 6.92 Å². The maximum atomic E-state index is 12.5. The summed E-state index contributed by atoms with van der Waals surface area (Å²) in [6, 6.07) is 17.1. The van der Waals surface area contributed by atoms with E-state index in [2.05, 4.69) is 71.0 Å². The molecule has 1 aliphatic rings. The summed E-state index contributed by atoms with van der Waals surface area (Å²) in [6.45, 7) is 9.41. The van der Waals surface area contributed by atoms with E-state index in [1.807, 2.05) is 0 Å². The summed E-state index contributed by atoms with van der Waals surface area (Å²) >= 11 is 0. The number of amides is 2. The molecule has 2 amide bonds. The Labute approximate surface area is 199 Å². The lowest BCUT2D eigenvalue weighted by molar-refractivity contribution is -0.132. The Bertz CT molecular complexity index is 915. The molecule has 5 nitrogen and oxygen atoms in total. The van der Waals surface area contributed by atoms with E-state index in [1.54, 1.807) is 13.8 Å². The van der Waals surface area contributed by atoms with Crippen molar-refractivity contribution in [2.24, 2.45) is 0 Å². The number of likely N-dealkylation sites (tertiary alicyclic amines) is 1. The second-order valence-corrected chi connectivity index (χ2v) is 9.75. The third-order valence-electron chi connectivity index (χ3n) is 6.48. The number of hydrogen-bond donors (Lipinski definition) is 2. The molecule has 2 N–H and O–H groups in total. The van der Waals surface area contributed by atoms with E-state index in [1.165, 1.54) is 35.1 Å². The van der Waals surface area contributed by atoms with E-state index in [-0.39, 0.29) is 11.8 Å². The highest BCUT2D eigenvalue weighted by Crippen LogP contribution is 2.15. The summed E-state index contributed by atoms with van der Waals surface area (Å²) in [5.74, 6) is -0.204. The van der Waals surface area contributed by atoms with Gasteiger partial charge < -0.3 is 15.5 Å². The molecule has 1 fully saturated rings. The highest BCUT2D eigenvalue weighted by atomic mass is 16.2. The van der Waals surface area contributed by atoms with Crippen molar-refractivity contribution in [3.8, 4) is 0 Å². The predicted molar refractivity (Wildman–Crippen MR) is 134 cm³/mol. The second kappa shape index (κ2) is 12.0. The molecular weight excluding hydrogens is 410 g/mol. The van der Waals surface area contributed by atoms with Gasteiger partial charge in [-0.05, 0) is 88.2 Å². The molecule has 1 saturated heterocycles. The Hall–Kier alpha value is -2.66. The quantitative estimate of drug-likeness (QED) is 0.545. The van der Waals surface area contributed by atoms with Gasteiger partial charge in [0.1, 0.15) is 5.54 Å². The standard InChI is InChI=1S/C28H39N3O2/c1-22-9-4-5-11-25(22)21-24-15-13-23(14-16-24)10-8-12-26(32)30-28(2,3)27(33)29-17-20-31-18-6-7-19-31/h4-5,9,11,13-16H,6-8,10,12,17-21H2,1-3H3,(H,29,33)(H,30,32). The first-order valence-electron chi connectivity index (χ1n) is 12.3. The van der Waals surface area contributed by atoms with Gasteiger partial charge in [-0.1, -0.05) is 48.5 Å². The van der Waals surface area contributed by atoms with Gasteiger partial charge in [-0.2, -0.15) is 0 Å². The average molecular weight is 450 g/mol. The Morgan fingerprint density at radius 2 is 1.64 bits per heavy atom. The molecule has 5 heteroatoms. The highest BCUT2D eigenvalue weighted by molar-refractivity contribution is 5.90. The van der Waals surface area contributed by atoms with Gasteiger partial charge in [-0.15, -0.1) is 0 Å². The van der Waals surface area contributed by atoms with Gasteiger partial charge in [0.05, 0.1) is 0 Å². The molecule has 0 bridgehead atoms. The van der Waals surface area contributed by atoms with Crippen LogP contribution in [0.25, 0.3) is 0 Å². The lowest BCUT2D eigenvalue weighted by Crippen LogP contribution is -2.55. The van der Waals surface area contributed by atoms with Gasteiger partial charge in [-0.25, -0.2) is 0 Å². The van der Waals surface area contributed by atoms with Gasteiger partial charge in [0.2, 0.25) is 11.8 Å². The highest BCUT2D eigenvalue weighted by Gasteiger charge is 2.29. The Balaban J connectivity index is 1.36. The van der Waals surface area contributed by atoms with Crippen LogP contribution in [0.15, 0.2) is 48.5 Å². The first-order valence-corrected chi connectivity index (χ1v) is 12.3. The van der Waals surface area contributed by atoms with E-state index in [0.717, 1.165) is 38.9 Å². The number of aryl methyl sites for hydroxylation is 2.